The zero-order valence-electron chi connectivity index (χ0n) is 15.2. The van der Waals surface area contributed by atoms with Crippen LogP contribution in [0.4, 0.5) is 0 Å². The van der Waals surface area contributed by atoms with Crippen molar-refractivity contribution >= 4 is 38.4 Å². The van der Waals surface area contributed by atoms with E-state index < -0.39 is 15.9 Å². The molecule has 0 radical (unpaired) electrons. The minimum Gasteiger partial charge on any atom is -0.492 e. The molecule has 148 valence electrons. The number of nitrogens with two attached hydrogens (primary N) is 1. The number of hydrogen-bond acceptors (Lipinski definition) is 4. The predicted octanol–water partition coefficient (Wildman–Crippen LogP) is 2.41. The molecule has 1 fully saturated rings. The number of primary amides is 1. The number of sulfonamides is 1. The summed E-state index contributed by atoms with van der Waals surface area (Å²) >= 11 is 5.69. The van der Waals surface area contributed by atoms with Gasteiger partial charge in [-0.25, -0.2) is 12.7 Å². The third kappa shape index (κ3) is 4.07. The first-order valence-corrected chi connectivity index (χ1v) is 11.1. The average Bonchev–Trinajstić information content (AvgIpc) is 3.09. The van der Waals surface area contributed by atoms with E-state index in [2.05, 4.69) is 4.98 Å². The van der Waals surface area contributed by atoms with Crippen LogP contribution < -0.4 is 10.5 Å². The summed E-state index contributed by atoms with van der Waals surface area (Å²) in [5.74, 6) is 0.672. The fourth-order valence-electron chi connectivity index (χ4n) is 3.63. The first kappa shape index (κ1) is 20.0. The number of carbonyl (C=O) groups excluding carboxylic acids is 1. The number of carbonyl (C=O) groups is 1. The molecule has 0 aliphatic carbocycles. The zero-order chi connectivity index (χ0) is 19.6. The highest BCUT2D eigenvalue weighted by atomic mass is 35.5. The summed E-state index contributed by atoms with van der Waals surface area (Å²) < 4.78 is 31.3. The molecule has 0 spiro atoms. The van der Waals surface area contributed by atoms with Gasteiger partial charge in [-0.1, -0.05) is 0 Å². The first-order valence-electron chi connectivity index (χ1n) is 8.98. The van der Waals surface area contributed by atoms with Crippen LogP contribution in [0.1, 0.15) is 41.6 Å². The van der Waals surface area contributed by atoms with Crippen molar-refractivity contribution in [2.24, 2.45) is 5.73 Å². The molecule has 1 aliphatic rings. The van der Waals surface area contributed by atoms with E-state index >= 15 is 0 Å². The van der Waals surface area contributed by atoms with Gasteiger partial charge < -0.3 is 15.5 Å². The van der Waals surface area contributed by atoms with Crippen molar-refractivity contribution in [1.82, 2.24) is 9.29 Å². The van der Waals surface area contributed by atoms with E-state index in [9.17, 15) is 13.2 Å². The summed E-state index contributed by atoms with van der Waals surface area (Å²) in [4.78, 5) is 15.0. The van der Waals surface area contributed by atoms with E-state index in [-0.39, 0.29) is 11.7 Å². The largest absolute Gasteiger partial charge is 0.492 e. The second-order valence-electron chi connectivity index (χ2n) is 6.61. The Morgan fingerprint density at radius 1 is 1.37 bits per heavy atom. The molecule has 7 nitrogen and oxygen atoms in total. The molecule has 2 heterocycles. The van der Waals surface area contributed by atoms with Crippen LogP contribution in [0.15, 0.2) is 18.3 Å². The Morgan fingerprint density at radius 3 is 2.67 bits per heavy atom. The smallest absolute Gasteiger partial charge is 0.250 e. The maximum absolute atomic E-state index is 12.1. The quantitative estimate of drug-likeness (QED) is 0.680. The van der Waals surface area contributed by atoms with Crippen LogP contribution in [0.25, 0.3) is 10.9 Å². The normalized spacial score (nSPS) is 16.7. The average molecular weight is 414 g/mol. The van der Waals surface area contributed by atoms with Gasteiger partial charge in [0.2, 0.25) is 10.0 Å². The fraction of sp³-hybridized carbons (Fsp3) is 0.500. The monoisotopic (exact) mass is 413 g/mol. The van der Waals surface area contributed by atoms with Crippen molar-refractivity contribution in [1.29, 1.82) is 0 Å². The molecule has 1 saturated heterocycles. The molecule has 0 atom stereocenters. The molecule has 0 unspecified atom stereocenters. The molecule has 1 amide bonds. The Morgan fingerprint density at radius 2 is 2.07 bits per heavy atom. The molecule has 0 saturated carbocycles. The van der Waals surface area contributed by atoms with Crippen molar-refractivity contribution < 1.29 is 17.9 Å². The lowest BCUT2D eigenvalue weighted by Crippen LogP contribution is -2.38. The number of rotatable bonds is 7. The van der Waals surface area contributed by atoms with Crippen molar-refractivity contribution in [3.05, 3.63) is 29.5 Å². The second kappa shape index (κ2) is 8.08. The molecule has 9 heteroatoms. The lowest BCUT2D eigenvalue weighted by molar-refractivity contribution is 0.100. The lowest BCUT2D eigenvalue weighted by atomic mass is 9.89. The van der Waals surface area contributed by atoms with Gasteiger partial charge in [0, 0.05) is 24.7 Å². The number of nitrogens with zero attached hydrogens (tertiary/aromatic N) is 1. The number of nitrogens with one attached hydrogen (secondary N) is 1. The van der Waals surface area contributed by atoms with Gasteiger partial charge in [-0.2, -0.15) is 0 Å². The van der Waals surface area contributed by atoms with Gasteiger partial charge in [-0.05, 0) is 43.4 Å². The zero-order valence-corrected chi connectivity index (χ0v) is 16.8. The van der Waals surface area contributed by atoms with E-state index in [0.717, 1.165) is 23.8 Å². The molecule has 3 N–H and O–H groups in total. The minimum atomic E-state index is -3.16. The molecule has 1 aromatic heterocycles. The number of hydrogen-bond donors (Lipinski definition) is 2. The number of aromatic nitrogens is 1. The number of alkyl halides is 1. The van der Waals surface area contributed by atoms with Gasteiger partial charge >= 0.3 is 0 Å². The standard InChI is InChI=1S/C18H24ClN3O4S/c1-2-27(24,25)22-6-3-12(4-7-22)16-11-21-17-14(16)9-13(26-8-5-19)10-15(17)18(20)23/h9-12,21H,2-8H2,1H3,(H2,20,23). The van der Waals surface area contributed by atoms with Gasteiger partial charge in [0.15, 0.2) is 0 Å². The van der Waals surface area contributed by atoms with Crippen LogP contribution in [0, 0.1) is 0 Å². The van der Waals surface area contributed by atoms with Gasteiger partial charge in [-0.15, -0.1) is 11.6 Å². The van der Waals surface area contributed by atoms with E-state index in [0.29, 0.717) is 42.4 Å². The summed E-state index contributed by atoms with van der Waals surface area (Å²) in [5.41, 5.74) is 7.64. The molecule has 1 aliphatic heterocycles. The third-order valence-corrected chi connectivity index (χ3v) is 7.09. The second-order valence-corrected chi connectivity index (χ2v) is 9.25. The van der Waals surface area contributed by atoms with Crippen LogP contribution in [0.2, 0.25) is 0 Å². The Kier molecular flexibility index (Phi) is 5.98. The van der Waals surface area contributed by atoms with E-state index in [4.69, 9.17) is 22.1 Å². The predicted molar refractivity (Wildman–Crippen MR) is 106 cm³/mol. The minimum absolute atomic E-state index is 0.119. The molecular weight excluding hydrogens is 390 g/mol. The molecule has 2 aromatic rings. The van der Waals surface area contributed by atoms with Gasteiger partial charge in [0.1, 0.15) is 12.4 Å². The lowest BCUT2D eigenvalue weighted by Gasteiger charge is -2.30. The van der Waals surface area contributed by atoms with Gasteiger partial charge in [0.25, 0.3) is 5.91 Å². The van der Waals surface area contributed by atoms with Crippen LogP contribution in [0.5, 0.6) is 5.75 Å². The SMILES string of the molecule is CCS(=O)(=O)N1CCC(c2c[nH]c3c(C(N)=O)cc(OCCCl)cc23)CC1. The summed E-state index contributed by atoms with van der Waals surface area (Å²) in [5, 5.41) is 0.882. The summed E-state index contributed by atoms with van der Waals surface area (Å²) in [6.07, 6.45) is 3.34. The van der Waals surface area contributed by atoms with Crippen molar-refractivity contribution in [3.8, 4) is 5.75 Å². The van der Waals surface area contributed by atoms with Crippen LogP contribution in [-0.2, 0) is 10.0 Å². The highest BCUT2D eigenvalue weighted by molar-refractivity contribution is 7.89. The summed E-state index contributed by atoms with van der Waals surface area (Å²) in [6, 6.07) is 3.50. The highest BCUT2D eigenvalue weighted by Crippen LogP contribution is 2.36. The van der Waals surface area contributed by atoms with Crippen molar-refractivity contribution in [3.63, 3.8) is 0 Å². The number of H-pyrrole nitrogens is 1. The maximum Gasteiger partial charge on any atom is 0.250 e. The van der Waals surface area contributed by atoms with Crippen LogP contribution in [-0.4, -0.2) is 54.9 Å². The number of amides is 1. The van der Waals surface area contributed by atoms with Crippen LogP contribution >= 0.6 is 11.6 Å². The Bertz CT molecular complexity index is 933. The summed E-state index contributed by atoms with van der Waals surface area (Å²) in [7, 11) is -3.16. The number of aromatic amines is 1. The molecule has 27 heavy (non-hydrogen) atoms. The number of fused-ring (bicyclic) bond motifs is 1. The van der Waals surface area contributed by atoms with E-state index in [1.54, 1.807) is 17.3 Å². The van der Waals surface area contributed by atoms with Crippen molar-refractivity contribution in [2.75, 3.05) is 31.3 Å². The Hall–Kier alpha value is -1.77. The number of benzene rings is 1. The first-order chi connectivity index (χ1) is 12.9. The van der Waals surface area contributed by atoms with Gasteiger partial charge in [0.05, 0.1) is 22.7 Å². The van der Waals surface area contributed by atoms with Crippen molar-refractivity contribution in [2.45, 2.75) is 25.7 Å². The third-order valence-electron chi connectivity index (χ3n) is 5.06. The Labute approximate surface area is 163 Å². The maximum atomic E-state index is 12.1. The number of piperidine rings is 1. The molecule has 1 aromatic carbocycles. The molecule has 0 bridgehead atoms. The summed E-state index contributed by atoms with van der Waals surface area (Å²) in [6.45, 7) is 2.99. The van der Waals surface area contributed by atoms with Gasteiger partial charge in [-0.3, -0.25) is 4.79 Å². The molecule has 3 rings (SSSR count). The molecular formula is C18H24ClN3O4S. The van der Waals surface area contributed by atoms with E-state index in [1.165, 1.54) is 0 Å². The highest BCUT2D eigenvalue weighted by Gasteiger charge is 2.29. The fourth-order valence-corrected chi connectivity index (χ4v) is 4.84. The Balaban J connectivity index is 1.91. The number of halogens is 1. The topological polar surface area (TPSA) is 105 Å². The van der Waals surface area contributed by atoms with E-state index in [1.807, 2.05) is 12.3 Å². The van der Waals surface area contributed by atoms with Crippen LogP contribution in [0.3, 0.4) is 0 Å². The number of ether oxygens (including phenoxy) is 1.